The quantitative estimate of drug-likeness (QED) is 0.771. The third-order valence-corrected chi connectivity index (χ3v) is 2.62. The van der Waals surface area contributed by atoms with Crippen LogP contribution in [0.3, 0.4) is 0 Å². The Labute approximate surface area is 94.1 Å². The van der Waals surface area contributed by atoms with Crippen molar-refractivity contribution in [1.29, 1.82) is 0 Å². The van der Waals surface area contributed by atoms with Crippen LogP contribution in [0.4, 0.5) is 0 Å². The van der Waals surface area contributed by atoms with Gasteiger partial charge in [-0.05, 0) is 26.0 Å². The first-order valence-corrected chi connectivity index (χ1v) is 5.33. The number of hydrogen-bond acceptors (Lipinski definition) is 2. The van der Waals surface area contributed by atoms with Gasteiger partial charge in [-0.2, -0.15) is 0 Å². The van der Waals surface area contributed by atoms with Crippen LogP contribution in [0.25, 0.3) is 11.0 Å². The molecular formula is C12H16N2O2. The van der Waals surface area contributed by atoms with E-state index in [0.717, 1.165) is 16.8 Å². The van der Waals surface area contributed by atoms with Crippen LogP contribution in [0.1, 0.15) is 13.8 Å². The average Bonchev–Trinajstić information content (AvgIpc) is 2.43. The molecule has 0 aliphatic heterocycles. The van der Waals surface area contributed by atoms with Gasteiger partial charge in [-0.3, -0.25) is 9.13 Å². The fraction of sp³-hybridized carbons (Fsp3) is 0.417. The van der Waals surface area contributed by atoms with Crippen molar-refractivity contribution in [2.45, 2.75) is 20.0 Å². The molecule has 0 atom stereocenters. The molecule has 0 aliphatic rings. The highest BCUT2D eigenvalue weighted by atomic mass is 16.5. The molecule has 0 N–H and O–H groups in total. The molecule has 86 valence electrons. The largest absolute Gasteiger partial charge is 0.491 e. The van der Waals surface area contributed by atoms with Crippen LogP contribution in [0.5, 0.6) is 5.75 Å². The Balaban J connectivity index is 2.62. The van der Waals surface area contributed by atoms with Gasteiger partial charge in [0.05, 0.1) is 17.1 Å². The number of nitrogens with zero attached hydrogens (tertiary/aromatic N) is 2. The molecule has 0 bridgehead atoms. The fourth-order valence-corrected chi connectivity index (χ4v) is 1.83. The maximum atomic E-state index is 11.7. The van der Waals surface area contributed by atoms with Gasteiger partial charge >= 0.3 is 5.69 Å². The zero-order valence-corrected chi connectivity index (χ0v) is 10.0. The second kappa shape index (κ2) is 3.70. The molecule has 2 rings (SSSR count). The maximum absolute atomic E-state index is 11.7. The number of imidazole rings is 1. The Morgan fingerprint density at radius 3 is 2.38 bits per heavy atom. The number of aryl methyl sites for hydroxylation is 2. The fourth-order valence-electron chi connectivity index (χ4n) is 1.83. The summed E-state index contributed by atoms with van der Waals surface area (Å²) in [5, 5.41) is 0. The zero-order valence-electron chi connectivity index (χ0n) is 10.0. The van der Waals surface area contributed by atoms with E-state index in [9.17, 15) is 4.79 Å². The molecule has 1 heterocycles. The molecule has 0 radical (unpaired) electrons. The number of hydrogen-bond donors (Lipinski definition) is 0. The monoisotopic (exact) mass is 220 g/mol. The Kier molecular flexibility index (Phi) is 2.50. The zero-order chi connectivity index (χ0) is 11.9. The lowest BCUT2D eigenvalue weighted by Crippen LogP contribution is -2.19. The highest BCUT2D eigenvalue weighted by Gasteiger charge is 2.08. The van der Waals surface area contributed by atoms with Crippen molar-refractivity contribution in [1.82, 2.24) is 9.13 Å². The van der Waals surface area contributed by atoms with Gasteiger partial charge in [0.15, 0.2) is 0 Å². The molecule has 1 aromatic heterocycles. The summed E-state index contributed by atoms with van der Waals surface area (Å²) >= 11 is 0. The first kappa shape index (κ1) is 10.8. The molecule has 0 aliphatic carbocycles. The highest BCUT2D eigenvalue weighted by Crippen LogP contribution is 2.20. The number of rotatable bonds is 2. The standard InChI is InChI=1S/C12H16N2O2/c1-8(2)16-9-5-6-10-11(7-9)14(4)12(15)13(10)3/h5-8H,1-4H3. The van der Waals surface area contributed by atoms with Crippen LogP contribution in [-0.2, 0) is 14.1 Å². The van der Waals surface area contributed by atoms with Crippen molar-refractivity contribution in [3.8, 4) is 5.75 Å². The molecule has 0 spiro atoms. The summed E-state index contributed by atoms with van der Waals surface area (Å²) in [5.41, 5.74) is 1.80. The van der Waals surface area contributed by atoms with Crippen LogP contribution >= 0.6 is 0 Å². The number of fused-ring (bicyclic) bond motifs is 1. The molecule has 1 aromatic carbocycles. The van der Waals surface area contributed by atoms with E-state index in [0.29, 0.717) is 0 Å². The molecule has 0 unspecified atom stereocenters. The van der Waals surface area contributed by atoms with E-state index in [2.05, 4.69) is 0 Å². The van der Waals surface area contributed by atoms with E-state index in [1.54, 1.807) is 23.2 Å². The minimum atomic E-state index is -0.0169. The smallest absolute Gasteiger partial charge is 0.328 e. The van der Waals surface area contributed by atoms with Crippen LogP contribution < -0.4 is 10.4 Å². The van der Waals surface area contributed by atoms with Crippen molar-refractivity contribution in [2.24, 2.45) is 14.1 Å². The van der Waals surface area contributed by atoms with Crippen molar-refractivity contribution in [3.63, 3.8) is 0 Å². The Morgan fingerprint density at radius 2 is 1.75 bits per heavy atom. The minimum Gasteiger partial charge on any atom is -0.491 e. The van der Waals surface area contributed by atoms with E-state index in [4.69, 9.17) is 4.74 Å². The maximum Gasteiger partial charge on any atom is 0.328 e. The second-order valence-electron chi connectivity index (χ2n) is 4.22. The lowest BCUT2D eigenvalue weighted by Gasteiger charge is -2.09. The minimum absolute atomic E-state index is 0.0169. The average molecular weight is 220 g/mol. The molecule has 0 fully saturated rings. The van der Waals surface area contributed by atoms with Gasteiger partial charge in [0.2, 0.25) is 0 Å². The van der Waals surface area contributed by atoms with Crippen molar-refractivity contribution >= 4 is 11.0 Å². The van der Waals surface area contributed by atoms with Gasteiger partial charge < -0.3 is 4.74 Å². The second-order valence-corrected chi connectivity index (χ2v) is 4.22. The highest BCUT2D eigenvalue weighted by molar-refractivity contribution is 5.77. The van der Waals surface area contributed by atoms with Gasteiger partial charge in [0.1, 0.15) is 5.75 Å². The van der Waals surface area contributed by atoms with Gasteiger partial charge in [0, 0.05) is 20.2 Å². The van der Waals surface area contributed by atoms with E-state index in [-0.39, 0.29) is 11.8 Å². The van der Waals surface area contributed by atoms with Crippen LogP contribution in [0.15, 0.2) is 23.0 Å². The van der Waals surface area contributed by atoms with Crippen LogP contribution in [0, 0.1) is 0 Å². The summed E-state index contributed by atoms with van der Waals surface area (Å²) in [6.07, 6.45) is 0.137. The summed E-state index contributed by atoms with van der Waals surface area (Å²) in [5.74, 6) is 0.795. The predicted octanol–water partition coefficient (Wildman–Crippen LogP) is 1.66. The first-order chi connectivity index (χ1) is 7.50. The van der Waals surface area contributed by atoms with Gasteiger partial charge in [-0.25, -0.2) is 4.79 Å². The Bertz CT molecular complexity index is 578. The molecule has 0 amide bonds. The lowest BCUT2D eigenvalue weighted by atomic mass is 10.3. The van der Waals surface area contributed by atoms with E-state index in [1.807, 2.05) is 32.0 Å². The summed E-state index contributed by atoms with van der Waals surface area (Å²) in [6.45, 7) is 3.96. The van der Waals surface area contributed by atoms with Gasteiger partial charge in [-0.1, -0.05) is 0 Å². The molecule has 4 nitrogen and oxygen atoms in total. The molecule has 2 aromatic rings. The van der Waals surface area contributed by atoms with Gasteiger partial charge in [0.25, 0.3) is 0 Å². The molecule has 16 heavy (non-hydrogen) atoms. The normalized spacial score (nSPS) is 11.3. The Morgan fingerprint density at radius 1 is 1.12 bits per heavy atom. The van der Waals surface area contributed by atoms with E-state index in [1.165, 1.54) is 0 Å². The topological polar surface area (TPSA) is 36.2 Å². The molecular weight excluding hydrogens is 204 g/mol. The summed E-state index contributed by atoms with van der Waals surface area (Å²) in [7, 11) is 3.54. The molecule has 0 saturated heterocycles. The van der Waals surface area contributed by atoms with Crippen LogP contribution in [-0.4, -0.2) is 15.2 Å². The van der Waals surface area contributed by atoms with Crippen LogP contribution in [0.2, 0.25) is 0 Å². The summed E-state index contributed by atoms with van der Waals surface area (Å²) in [4.78, 5) is 11.7. The number of benzene rings is 1. The summed E-state index contributed by atoms with van der Waals surface area (Å²) < 4.78 is 8.86. The SMILES string of the molecule is CC(C)Oc1ccc2c(c1)n(C)c(=O)n2C. The predicted molar refractivity (Wildman–Crippen MR) is 63.9 cm³/mol. The lowest BCUT2D eigenvalue weighted by molar-refractivity contribution is 0.242. The number of ether oxygens (including phenoxy) is 1. The molecule has 4 heteroatoms. The molecule has 0 saturated carbocycles. The summed E-state index contributed by atoms with van der Waals surface area (Å²) in [6, 6.07) is 5.70. The van der Waals surface area contributed by atoms with E-state index < -0.39 is 0 Å². The van der Waals surface area contributed by atoms with E-state index >= 15 is 0 Å². The van der Waals surface area contributed by atoms with Crippen molar-refractivity contribution in [3.05, 3.63) is 28.7 Å². The third kappa shape index (κ3) is 1.60. The van der Waals surface area contributed by atoms with Crippen molar-refractivity contribution in [2.75, 3.05) is 0 Å². The first-order valence-electron chi connectivity index (χ1n) is 5.33. The third-order valence-electron chi connectivity index (χ3n) is 2.62. The number of aromatic nitrogens is 2. The van der Waals surface area contributed by atoms with Crippen molar-refractivity contribution < 1.29 is 4.74 Å². The van der Waals surface area contributed by atoms with Gasteiger partial charge in [-0.15, -0.1) is 0 Å². The Hall–Kier alpha value is -1.71.